The Morgan fingerprint density at radius 3 is 2.76 bits per heavy atom. The number of rotatable bonds is 1. The predicted molar refractivity (Wildman–Crippen MR) is 82.6 cm³/mol. The first kappa shape index (κ1) is 14.3. The van der Waals surface area contributed by atoms with E-state index in [2.05, 4.69) is 10.6 Å². The fourth-order valence-corrected chi connectivity index (χ4v) is 2.64. The SMILES string of the molecule is CC(C)(C)OC(=O)N1CC(n2c[c]c3cc(Cl)ccc32)C1. The van der Waals surface area contributed by atoms with Gasteiger partial charge in [0, 0.05) is 41.3 Å². The highest BCUT2D eigenvalue weighted by Crippen LogP contribution is 2.29. The van der Waals surface area contributed by atoms with Gasteiger partial charge in [-0.25, -0.2) is 4.79 Å². The Bertz CT molecular complexity index is 681. The van der Waals surface area contributed by atoms with Crippen molar-refractivity contribution >= 4 is 28.6 Å². The van der Waals surface area contributed by atoms with Crippen molar-refractivity contribution in [3.8, 4) is 0 Å². The number of carbonyl (C=O) groups is 1. The smallest absolute Gasteiger partial charge is 0.410 e. The third-order valence-electron chi connectivity index (χ3n) is 3.50. The van der Waals surface area contributed by atoms with Gasteiger partial charge in [-0.3, -0.25) is 0 Å². The number of ether oxygens (including phenoxy) is 1. The normalized spacial score (nSPS) is 16.1. The second kappa shape index (κ2) is 4.95. The van der Waals surface area contributed by atoms with Crippen LogP contribution in [0.4, 0.5) is 4.79 Å². The van der Waals surface area contributed by atoms with E-state index in [0.29, 0.717) is 18.1 Å². The van der Waals surface area contributed by atoms with E-state index >= 15 is 0 Å². The summed E-state index contributed by atoms with van der Waals surface area (Å²) in [5.74, 6) is 0. The predicted octanol–water partition coefficient (Wildman–Crippen LogP) is 3.89. The van der Waals surface area contributed by atoms with Gasteiger partial charge in [-0.05, 0) is 39.0 Å². The van der Waals surface area contributed by atoms with Crippen LogP contribution >= 0.6 is 11.6 Å². The van der Waals surface area contributed by atoms with E-state index in [4.69, 9.17) is 16.3 Å². The lowest BCUT2D eigenvalue weighted by Crippen LogP contribution is -2.52. The molecule has 4 nitrogen and oxygen atoms in total. The van der Waals surface area contributed by atoms with Crippen LogP contribution in [0.5, 0.6) is 0 Å². The zero-order valence-corrected chi connectivity index (χ0v) is 13.1. The molecule has 1 fully saturated rings. The largest absolute Gasteiger partial charge is 0.444 e. The minimum atomic E-state index is -0.452. The van der Waals surface area contributed by atoms with Crippen LogP contribution in [0.25, 0.3) is 10.9 Å². The molecule has 1 aromatic carbocycles. The molecule has 0 atom stereocenters. The Morgan fingerprint density at radius 2 is 2.10 bits per heavy atom. The van der Waals surface area contributed by atoms with Gasteiger partial charge >= 0.3 is 6.09 Å². The van der Waals surface area contributed by atoms with Gasteiger partial charge in [0.2, 0.25) is 0 Å². The Hall–Kier alpha value is -1.68. The first-order chi connectivity index (χ1) is 9.83. The lowest BCUT2D eigenvalue weighted by molar-refractivity contribution is 0.00157. The van der Waals surface area contributed by atoms with E-state index in [-0.39, 0.29) is 12.1 Å². The molecule has 2 heterocycles. The maximum absolute atomic E-state index is 11.9. The molecular formula is C16H18ClN2O2. The van der Waals surface area contributed by atoms with Gasteiger partial charge in [-0.1, -0.05) is 11.6 Å². The number of nitrogens with zero attached hydrogens (tertiary/aromatic N) is 2. The van der Waals surface area contributed by atoms with Crippen LogP contribution in [-0.4, -0.2) is 34.3 Å². The van der Waals surface area contributed by atoms with E-state index in [0.717, 1.165) is 10.9 Å². The van der Waals surface area contributed by atoms with Crippen molar-refractivity contribution < 1.29 is 9.53 Å². The molecule has 0 bridgehead atoms. The van der Waals surface area contributed by atoms with Crippen molar-refractivity contribution in [2.24, 2.45) is 0 Å². The summed E-state index contributed by atoms with van der Waals surface area (Å²) < 4.78 is 7.51. The molecule has 3 rings (SSSR count). The number of benzene rings is 1. The number of likely N-dealkylation sites (tertiary alicyclic amines) is 1. The highest BCUT2D eigenvalue weighted by atomic mass is 35.5. The third kappa shape index (κ3) is 2.86. The lowest BCUT2D eigenvalue weighted by Gasteiger charge is -2.40. The summed E-state index contributed by atoms with van der Waals surface area (Å²) in [7, 11) is 0. The first-order valence-corrected chi connectivity index (χ1v) is 7.37. The average molecular weight is 306 g/mol. The number of halogens is 1. The fraction of sp³-hybridized carbons (Fsp3) is 0.438. The standard InChI is InChI=1S/C16H18ClN2O2/c1-16(2,3)21-15(20)18-9-13(10-18)19-7-6-11-8-12(17)4-5-14(11)19/h4-5,7-8,13H,9-10H2,1-3H3. The van der Waals surface area contributed by atoms with Crippen LogP contribution in [0.15, 0.2) is 24.4 Å². The molecule has 0 unspecified atom stereocenters. The number of aromatic nitrogens is 1. The minimum Gasteiger partial charge on any atom is -0.444 e. The van der Waals surface area contributed by atoms with Crippen LogP contribution in [0, 0.1) is 6.07 Å². The summed E-state index contributed by atoms with van der Waals surface area (Å²) in [6, 6.07) is 9.24. The molecule has 2 aromatic rings. The molecule has 0 aliphatic carbocycles. The van der Waals surface area contributed by atoms with Gasteiger partial charge in [-0.15, -0.1) is 0 Å². The van der Waals surface area contributed by atoms with Crippen molar-refractivity contribution in [3.05, 3.63) is 35.5 Å². The van der Waals surface area contributed by atoms with Gasteiger partial charge in [0.05, 0.1) is 6.04 Å². The van der Waals surface area contributed by atoms with Crippen LogP contribution in [-0.2, 0) is 4.74 Å². The number of carbonyl (C=O) groups excluding carboxylic acids is 1. The van der Waals surface area contributed by atoms with E-state index in [1.807, 2.05) is 45.2 Å². The molecule has 0 N–H and O–H groups in total. The number of amides is 1. The van der Waals surface area contributed by atoms with E-state index in [1.54, 1.807) is 4.90 Å². The summed E-state index contributed by atoms with van der Waals surface area (Å²) in [5.41, 5.74) is 0.639. The average Bonchev–Trinajstić information content (AvgIpc) is 2.67. The third-order valence-corrected chi connectivity index (χ3v) is 3.74. The molecule has 1 aliphatic heterocycles. The molecule has 111 valence electrons. The molecular weight excluding hydrogens is 288 g/mol. The highest BCUT2D eigenvalue weighted by Gasteiger charge is 2.34. The molecule has 1 aliphatic rings. The molecule has 0 saturated carbocycles. The van der Waals surface area contributed by atoms with E-state index < -0.39 is 5.60 Å². The molecule has 1 radical (unpaired) electrons. The van der Waals surface area contributed by atoms with Crippen LogP contribution in [0.3, 0.4) is 0 Å². The van der Waals surface area contributed by atoms with Crippen LogP contribution in [0.1, 0.15) is 26.8 Å². The van der Waals surface area contributed by atoms with Crippen molar-refractivity contribution in [3.63, 3.8) is 0 Å². The summed E-state index contributed by atoms with van der Waals surface area (Å²) in [6.45, 7) is 6.95. The summed E-state index contributed by atoms with van der Waals surface area (Å²) in [6.07, 6.45) is 1.68. The zero-order valence-electron chi connectivity index (χ0n) is 12.4. The van der Waals surface area contributed by atoms with Gasteiger partial charge in [-0.2, -0.15) is 0 Å². The molecule has 1 amide bonds. The molecule has 0 spiro atoms. The van der Waals surface area contributed by atoms with E-state index in [1.165, 1.54) is 0 Å². The topological polar surface area (TPSA) is 34.5 Å². The lowest BCUT2D eigenvalue weighted by atomic mass is 10.1. The fourth-order valence-electron chi connectivity index (χ4n) is 2.47. The Balaban J connectivity index is 1.69. The van der Waals surface area contributed by atoms with Crippen molar-refractivity contribution in [1.82, 2.24) is 9.47 Å². The Labute approximate surface area is 129 Å². The Morgan fingerprint density at radius 1 is 1.38 bits per heavy atom. The summed E-state index contributed by atoms with van der Waals surface area (Å²) in [4.78, 5) is 13.7. The molecule has 1 aromatic heterocycles. The highest BCUT2D eigenvalue weighted by molar-refractivity contribution is 6.31. The molecule has 5 heteroatoms. The zero-order chi connectivity index (χ0) is 15.2. The number of hydrogen-bond donors (Lipinski definition) is 0. The number of hydrogen-bond acceptors (Lipinski definition) is 2. The monoisotopic (exact) mass is 305 g/mol. The number of fused-ring (bicyclic) bond motifs is 1. The van der Waals surface area contributed by atoms with Crippen LogP contribution < -0.4 is 0 Å². The Kier molecular flexibility index (Phi) is 3.36. The second-order valence-corrected chi connectivity index (χ2v) is 6.82. The van der Waals surface area contributed by atoms with Gasteiger partial charge in [0.15, 0.2) is 0 Å². The van der Waals surface area contributed by atoms with Gasteiger partial charge < -0.3 is 14.2 Å². The van der Waals surface area contributed by atoms with Crippen molar-refractivity contribution in [2.45, 2.75) is 32.4 Å². The summed E-state index contributed by atoms with van der Waals surface area (Å²) >= 11 is 5.98. The van der Waals surface area contributed by atoms with Gasteiger partial charge in [0.25, 0.3) is 0 Å². The van der Waals surface area contributed by atoms with Crippen molar-refractivity contribution in [1.29, 1.82) is 0 Å². The first-order valence-electron chi connectivity index (χ1n) is 6.99. The minimum absolute atomic E-state index is 0.248. The quantitative estimate of drug-likeness (QED) is 0.801. The van der Waals surface area contributed by atoms with Gasteiger partial charge in [0.1, 0.15) is 5.60 Å². The second-order valence-electron chi connectivity index (χ2n) is 6.38. The van der Waals surface area contributed by atoms with E-state index in [9.17, 15) is 4.79 Å². The molecule has 1 saturated heterocycles. The maximum atomic E-state index is 11.9. The summed E-state index contributed by atoms with van der Waals surface area (Å²) in [5, 5.41) is 1.71. The maximum Gasteiger partial charge on any atom is 0.410 e. The van der Waals surface area contributed by atoms with Crippen molar-refractivity contribution in [2.75, 3.05) is 13.1 Å². The van der Waals surface area contributed by atoms with Crippen LogP contribution in [0.2, 0.25) is 5.02 Å². The molecule has 21 heavy (non-hydrogen) atoms.